The summed E-state index contributed by atoms with van der Waals surface area (Å²) >= 11 is 0. The number of rotatable bonds is 3. The molecule has 74 heavy (non-hydrogen) atoms. The van der Waals surface area contributed by atoms with Crippen LogP contribution in [0.25, 0.3) is 137 Å². The average Bonchev–Trinajstić information content (AvgIpc) is 4.44. The Balaban J connectivity index is 1.02. The van der Waals surface area contributed by atoms with E-state index in [0.29, 0.717) is 11.8 Å². The van der Waals surface area contributed by atoms with Crippen molar-refractivity contribution in [2.45, 2.75) is 63.2 Å². The number of fused-ring (bicyclic) bond motifs is 16. The van der Waals surface area contributed by atoms with E-state index in [-0.39, 0.29) is 6.71 Å². The number of nitrogens with zero attached hydrogens (tertiary/aromatic N) is 3. The summed E-state index contributed by atoms with van der Waals surface area (Å²) in [4.78, 5) is 0. The molecule has 19 rings (SSSR count). The van der Waals surface area contributed by atoms with Gasteiger partial charge in [-0.1, -0.05) is 147 Å². The smallest absolute Gasteiger partial charge is 0.253 e. The summed E-state index contributed by atoms with van der Waals surface area (Å²) in [5.41, 5.74) is 24.2. The van der Waals surface area contributed by atoms with Crippen molar-refractivity contribution in [3.63, 3.8) is 0 Å². The first-order chi connectivity index (χ1) is 36.7. The molecule has 0 amide bonds. The van der Waals surface area contributed by atoms with Gasteiger partial charge >= 0.3 is 0 Å². The molecule has 0 saturated heterocycles. The number of aromatic nitrogens is 3. The molecule has 2 aliphatic heterocycles. The predicted molar refractivity (Wildman–Crippen MR) is 313 cm³/mol. The molecule has 5 heterocycles. The van der Waals surface area contributed by atoms with Crippen LogP contribution in [0.1, 0.15) is 74.3 Å². The molecule has 5 aliphatic rings. The third-order valence-corrected chi connectivity index (χ3v) is 19.3. The Hall–Kier alpha value is -8.34. The predicted octanol–water partition coefficient (Wildman–Crippen LogP) is 16.5. The zero-order valence-electron chi connectivity index (χ0n) is 41.1. The summed E-state index contributed by atoms with van der Waals surface area (Å²) in [6, 6.07) is 71.9. The summed E-state index contributed by atoms with van der Waals surface area (Å²) in [6.45, 7) is 0.0298. The third kappa shape index (κ3) is 4.78. The maximum Gasteiger partial charge on any atom is 0.253 e. The highest BCUT2D eigenvalue weighted by atomic mass is 15.1. The molecule has 2 fully saturated rings. The standard InChI is InChI=1S/C70H48BN3/c1-2-14-39(13-1)44-28-29-58-53(32-44)56-33-45-19-7-8-21-48(45)67-70(56)73(58)62-37-47(72-59-26-12-25-52-50-23-10-9-22-49(50)51-24-11-20-41-27-30-60(72)66(64(41)51)65(52)59)38-63-68(62)71(67)57-35-46(40-15-3-4-16-40)34-55-54-31-42-17-5-6-18-43(42)36-61(54)74(63)69(55)57/h5-12,17-40H,1-4,13-16H2. The molecule has 3 aromatic heterocycles. The summed E-state index contributed by atoms with van der Waals surface area (Å²) < 4.78 is 8.10. The van der Waals surface area contributed by atoms with E-state index in [1.807, 2.05) is 0 Å². The summed E-state index contributed by atoms with van der Waals surface area (Å²) in [5.74, 6) is 1.20. The van der Waals surface area contributed by atoms with Crippen molar-refractivity contribution in [2.24, 2.45) is 0 Å². The second-order valence-electron chi connectivity index (χ2n) is 22.8. The largest absolute Gasteiger partial charge is 0.310 e. The zero-order chi connectivity index (χ0) is 47.7. The van der Waals surface area contributed by atoms with E-state index in [9.17, 15) is 0 Å². The molecule has 0 atom stereocenters. The van der Waals surface area contributed by atoms with Crippen LogP contribution in [0.5, 0.6) is 0 Å². The summed E-state index contributed by atoms with van der Waals surface area (Å²) in [7, 11) is 0. The quantitative estimate of drug-likeness (QED) is 0.157. The molecule has 0 bridgehead atoms. The molecule has 2 saturated carbocycles. The lowest BCUT2D eigenvalue weighted by atomic mass is 9.33. The van der Waals surface area contributed by atoms with Crippen LogP contribution in [0.15, 0.2) is 182 Å². The molecule has 0 radical (unpaired) electrons. The molecule has 0 unspecified atom stereocenters. The van der Waals surface area contributed by atoms with Gasteiger partial charge in [0.25, 0.3) is 6.71 Å². The van der Waals surface area contributed by atoms with Crippen LogP contribution in [0.3, 0.4) is 0 Å². The van der Waals surface area contributed by atoms with Crippen molar-refractivity contribution in [2.75, 3.05) is 0 Å². The molecule has 0 N–H and O–H groups in total. The molecule has 3 aliphatic carbocycles. The molecule has 14 aromatic rings. The van der Waals surface area contributed by atoms with Crippen LogP contribution < -0.4 is 16.4 Å². The van der Waals surface area contributed by atoms with Gasteiger partial charge in [0.05, 0.1) is 27.8 Å². The Labute approximate surface area is 427 Å². The van der Waals surface area contributed by atoms with Gasteiger partial charge in [0.15, 0.2) is 0 Å². The van der Waals surface area contributed by atoms with Crippen LogP contribution in [-0.2, 0) is 0 Å². The van der Waals surface area contributed by atoms with E-state index >= 15 is 0 Å². The Morgan fingerprint density at radius 2 is 0.919 bits per heavy atom. The van der Waals surface area contributed by atoms with Crippen molar-refractivity contribution >= 4 is 121 Å². The Morgan fingerprint density at radius 1 is 0.338 bits per heavy atom. The first-order valence-electron chi connectivity index (χ1n) is 27.5. The fourth-order valence-electron chi connectivity index (χ4n) is 16.3. The fraction of sp³-hybridized carbons (Fsp3) is 0.143. The lowest BCUT2D eigenvalue weighted by molar-refractivity contribution is 0.724. The number of hydrogen-bond acceptors (Lipinski definition) is 0. The van der Waals surface area contributed by atoms with Gasteiger partial charge in [-0.25, -0.2) is 0 Å². The number of benzene rings is 11. The van der Waals surface area contributed by atoms with Crippen LogP contribution in [0, 0.1) is 0 Å². The van der Waals surface area contributed by atoms with Crippen LogP contribution >= 0.6 is 0 Å². The third-order valence-electron chi connectivity index (χ3n) is 19.3. The normalized spacial score (nSPS) is 15.8. The monoisotopic (exact) mass is 941 g/mol. The maximum atomic E-state index is 2.74. The summed E-state index contributed by atoms with van der Waals surface area (Å²) in [5, 5.41) is 16.1. The first-order valence-corrected chi connectivity index (χ1v) is 27.5. The minimum atomic E-state index is 0.0298. The van der Waals surface area contributed by atoms with Gasteiger partial charge in [-0.3, -0.25) is 0 Å². The lowest BCUT2D eigenvalue weighted by Gasteiger charge is -2.35. The second kappa shape index (κ2) is 13.8. The summed E-state index contributed by atoms with van der Waals surface area (Å²) in [6.07, 6.45) is 10.4. The lowest BCUT2D eigenvalue weighted by Crippen LogP contribution is -2.59. The van der Waals surface area contributed by atoms with Crippen molar-refractivity contribution in [3.8, 4) is 39.3 Å². The van der Waals surface area contributed by atoms with Crippen LogP contribution in [0.4, 0.5) is 0 Å². The molecule has 4 heteroatoms. The van der Waals surface area contributed by atoms with Gasteiger partial charge in [-0.15, -0.1) is 0 Å². The minimum Gasteiger partial charge on any atom is -0.310 e. The van der Waals surface area contributed by atoms with Crippen molar-refractivity contribution < 1.29 is 0 Å². The first kappa shape index (κ1) is 39.2. The van der Waals surface area contributed by atoms with Crippen molar-refractivity contribution in [1.82, 2.24) is 13.7 Å². The molecule has 346 valence electrons. The maximum absolute atomic E-state index is 2.74. The van der Waals surface area contributed by atoms with Crippen LogP contribution in [0.2, 0.25) is 0 Å². The number of hydrogen-bond donors (Lipinski definition) is 0. The van der Waals surface area contributed by atoms with E-state index in [4.69, 9.17) is 0 Å². The molecular weight excluding hydrogens is 894 g/mol. The molecule has 3 nitrogen and oxygen atoms in total. The van der Waals surface area contributed by atoms with Gasteiger partial charge in [0.1, 0.15) is 0 Å². The highest BCUT2D eigenvalue weighted by Gasteiger charge is 2.43. The van der Waals surface area contributed by atoms with E-state index < -0.39 is 0 Å². The van der Waals surface area contributed by atoms with Gasteiger partial charge in [-0.2, -0.15) is 0 Å². The minimum absolute atomic E-state index is 0.0298. The Morgan fingerprint density at radius 3 is 1.72 bits per heavy atom. The van der Waals surface area contributed by atoms with E-state index in [0.717, 1.165) is 0 Å². The Kier molecular flexibility index (Phi) is 7.33. The van der Waals surface area contributed by atoms with E-state index in [2.05, 4.69) is 196 Å². The van der Waals surface area contributed by atoms with Crippen LogP contribution in [-0.4, -0.2) is 20.4 Å². The molecule has 0 spiro atoms. The topological polar surface area (TPSA) is 14.8 Å². The highest BCUT2D eigenvalue weighted by molar-refractivity contribution is 7.01. The zero-order valence-corrected chi connectivity index (χ0v) is 41.1. The molecular formula is C70H48BN3. The SMILES string of the molecule is c1ccc2c(c1)-c1cccc3ccc4c(c13)c1c-2cccc1n4-c1cc2c3c(c1)-n1c4ccc(C5CCCC5)cc4c4cc5ccccc5c(c41)B3c1cc(C3CCCC3)cc3c4cc5ccccc5cc4n-2c13. The van der Waals surface area contributed by atoms with Gasteiger partial charge in [-0.05, 0) is 180 Å². The van der Waals surface area contributed by atoms with Gasteiger partial charge in [0.2, 0.25) is 0 Å². The Bertz CT molecular complexity index is 4930. The van der Waals surface area contributed by atoms with Gasteiger partial charge in [0, 0.05) is 54.7 Å². The van der Waals surface area contributed by atoms with E-state index in [1.54, 1.807) is 0 Å². The highest BCUT2D eigenvalue weighted by Crippen LogP contribution is 2.51. The van der Waals surface area contributed by atoms with E-state index in [1.165, 1.54) is 216 Å². The second-order valence-corrected chi connectivity index (χ2v) is 22.8. The van der Waals surface area contributed by atoms with Gasteiger partial charge < -0.3 is 13.7 Å². The average molecular weight is 942 g/mol. The van der Waals surface area contributed by atoms with Crippen molar-refractivity contribution in [1.29, 1.82) is 0 Å². The fourth-order valence-corrected chi connectivity index (χ4v) is 16.3. The molecule has 11 aromatic carbocycles. The van der Waals surface area contributed by atoms with Crippen molar-refractivity contribution in [3.05, 3.63) is 193 Å².